The molecule has 10 heteroatoms. The molecule has 0 saturated carbocycles. The number of nitrogens with zero attached hydrogens (tertiary/aromatic N) is 5. The number of aryl methyl sites for hydroxylation is 1. The van der Waals surface area contributed by atoms with Crippen molar-refractivity contribution in [2.75, 3.05) is 11.9 Å². The van der Waals surface area contributed by atoms with Crippen LogP contribution in [0.15, 0.2) is 30.3 Å². The molecule has 0 radical (unpaired) electrons. The molecule has 2 aliphatic rings. The van der Waals surface area contributed by atoms with Crippen LogP contribution in [-0.2, 0) is 30.7 Å². The molecule has 0 saturated heterocycles. The zero-order valence-corrected chi connectivity index (χ0v) is 21.1. The third-order valence-corrected chi connectivity index (χ3v) is 6.92. The highest BCUT2D eigenvalue weighted by molar-refractivity contribution is 6.04. The van der Waals surface area contributed by atoms with Gasteiger partial charge in [-0.1, -0.05) is 19.9 Å². The number of fused-ring (bicyclic) bond motifs is 2. The molecule has 0 aliphatic carbocycles. The highest BCUT2D eigenvalue weighted by Crippen LogP contribution is 2.26. The van der Waals surface area contributed by atoms with E-state index < -0.39 is 17.8 Å². The van der Waals surface area contributed by atoms with Gasteiger partial charge >= 0.3 is 0 Å². The summed E-state index contributed by atoms with van der Waals surface area (Å²) in [5.74, 6) is 0.443. The van der Waals surface area contributed by atoms with E-state index in [4.69, 9.17) is 0 Å². The van der Waals surface area contributed by atoms with Gasteiger partial charge in [-0.2, -0.15) is 0 Å². The number of carbonyl (C=O) groups excluding carboxylic acids is 2. The standard InChI is InChI=1S/C27H31FN6O3/c1-16(2)12-22(35)27(37)33-11-9-17-14-20(28)19(13-18(17)15-33)26(36)30-23-7-5-6-21(29-23)25-32-31-24-8-3-4-10-34(24)25/h5-7,13-14,16,22,35H,3-4,8-12,15H2,1-2H3,(H,29,30,36)/t22-/m0/s1. The quantitative estimate of drug-likeness (QED) is 0.530. The molecule has 194 valence electrons. The van der Waals surface area contributed by atoms with Gasteiger partial charge in [0.1, 0.15) is 29.3 Å². The van der Waals surface area contributed by atoms with Crippen LogP contribution in [0.3, 0.4) is 0 Å². The van der Waals surface area contributed by atoms with E-state index in [0.29, 0.717) is 36.5 Å². The second-order valence-electron chi connectivity index (χ2n) is 10.2. The Morgan fingerprint density at radius 1 is 1.11 bits per heavy atom. The summed E-state index contributed by atoms with van der Waals surface area (Å²) in [6.45, 7) is 5.33. The Hall–Kier alpha value is -3.66. The van der Waals surface area contributed by atoms with Gasteiger partial charge in [-0.25, -0.2) is 9.37 Å². The minimum atomic E-state index is -1.07. The van der Waals surface area contributed by atoms with Crippen molar-refractivity contribution in [1.82, 2.24) is 24.6 Å². The summed E-state index contributed by atoms with van der Waals surface area (Å²) in [5.41, 5.74) is 1.91. The van der Waals surface area contributed by atoms with Crippen LogP contribution in [0, 0.1) is 11.7 Å². The second-order valence-corrected chi connectivity index (χ2v) is 10.2. The lowest BCUT2D eigenvalue weighted by molar-refractivity contribution is -0.141. The molecule has 4 heterocycles. The monoisotopic (exact) mass is 506 g/mol. The molecule has 37 heavy (non-hydrogen) atoms. The van der Waals surface area contributed by atoms with Crippen LogP contribution in [0.2, 0.25) is 0 Å². The Morgan fingerprint density at radius 3 is 2.76 bits per heavy atom. The topological polar surface area (TPSA) is 113 Å². The maximum absolute atomic E-state index is 14.9. The summed E-state index contributed by atoms with van der Waals surface area (Å²) >= 11 is 0. The minimum Gasteiger partial charge on any atom is -0.383 e. The molecular formula is C27H31FN6O3. The first-order valence-corrected chi connectivity index (χ1v) is 12.8. The van der Waals surface area contributed by atoms with Crippen LogP contribution in [0.25, 0.3) is 11.5 Å². The number of aliphatic hydroxyl groups is 1. The smallest absolute Gasteiger partial charge is 0.259 e. The number of hydrogen-bond donors (Lipinski definition) is 2. The number of rotatable bonds is 6. The van der Waals surface area contributed by atoms with Crippen molar-refractivity contribution in [3.8, 4) is 11.5 Å². The molecule has 5 rings (SSSR count). The summed E-state index contributed by atoms with van der Waals surface area (Å²) in [7, 11) is 0. The van der Waals surface area contributed by atoms with Crippen LogP contribution >= 0.6 is 0 Å². The molecule has 1 atom stereocenters. The Bertz CT molecular complexity index is 1340. The molecule has 1 aromatic carbocycles. The summed E-state index contributed by atoms with van der Waals surface area (Å²) in [5, 5.41) is 21.5. The van der Waals surface area contributed by atoms with E-state index in [9.17, 15) is 19.1 Å². The zero-order chi connectivity index (χ0) is 26.1. The van der Waals surface area contributed by atoms with Gasteiger partial charge in [0.25, 0.3) is 11.8 Å². The molecule has 9 nitrogen and oxygen atoms in total. The SMILES string of the molecule is CC(C)C[C@H](O)C(=O)N1CCc2cc(F)c(C(=O)Nc3cccc(-c4nnc5n4CCCC5)n3)cc2C1. The maximum Gasteiger partial charge on any atom is 0.259 e. The molecule has 2 amide bonds. The highest BCUT2D eigenvalue weighted by Gasteiger charge is 2.28. The molecular weight excluding hydrogens is 475 g/mol. The van der Waals surface area contributed by atoms with E-state index in [1.807, 2.05) is 18.4 Å². The zero-order valence-electron chi connectivity index (χ0n) is 21.1. The lowest BCUT2D eigenvalue weighted by Gasteiger charge is -2.31. The Labute approximate surface area is 214 Å². The van der Waals surface area contributed by atoms with Crippen molar-refractivity contribution < 1.29 is 19.1 Å². The highest BCUT2D eigenvalue weighted by atomic mass is 19.1. The van der Waals surface area contributed by atoms with Crippen molar-refractivity contribution in [3.63, 3.8) is 0 Å². The van der Waals surface area contributed by atoms with Gasteiger partial charge < -0.3 is 19.9 Å². The summed E-state index contributed by atoms with van der Waals surface area (Å²) in [6, 6.07) is 8.07. The summed E-state index contributed by atoms with van der Waals surface area (Å²) < 4.78 is 17.0. The molecule has 2 aromatic heterocycles. The van der Waals surface area contributed by atoms with E-state index >= 15 is 0 Å². The number of anilines is 1. The van der Waals surface area contributed by atoms with Gasteiger partial charge in [-0.05, 0) is 67.0 Å². The lowest BCUT2D eigenvalue weighted by Crippen LogP contribution is -2.42. The number of hydrogen-bond acceptors (Lipinski definition) is 6. The fraction of sp³-hybridized carbons (Fsp3) is 0.444. The largest absolute Gasteiger partial charge is 0.383 e. The van der Waals surface area contributed by atoms with Crippen molar-refractivity contribution in [2.45, 2.75) is 65.1 Å². The molecule has 0 bridgehead atoms. The normalized spacial score (nSPS) is 15.8. The van der Waals surface area contributed by atoms with Gasteiger partial charge in [0.15, 0.2) is 5.82 Å². The van der Waals surface area contributed by atoms with Gasteiger partial charge in [-0.15, -0.1) is 10.2 Å². The van der Waals surface area contributed by atoms with Crippen LogP contribution < -0.4 is 5.32 Å². The van der Waals surface area contributed by atoms with E-state index in [0.717, 1.165) is 37.2 Å². The second kappa shape index (κ2) is 10.4. The predicted molar refractivity (Wildman–Crippen MR) is 135 cm³/mol. The van der Waals surface area contributed by atoms with Crippen LogP contribution in [0.4, 0.5) is 10.2 Å². The number of aromatic nitrogens is 4. The number of benzene rings is 1. The first-order chi connectivity index (χ1) is 17.8. The average molecular weight is 507 g/mol. The van der Waals surface area contributed by atoms with Crippen LogP contribution in [0.5, 0.6) is 0 Å². The van der Waals surface area contributed by atoms with Crippen molar-refractivity contribution in [3.05, 3.63) is 58.7 Å². The van der Waals surface area contributed by atoms with E-state index in [1.54, 1.807) is 23.1 Å². The first kappa shape index (κ1) is 25.0. The predicted octanol–water partition coefficient (Wildman–Crippen LogP) is 3.36. The van der Waals surface area contributed by atoms with Gasteiger partial charge in [0.05, 0.1) is 5.56 Å². The number of aliphatic hydroxyl groups excluding tert-OH is 1. The van der Waals surface area contributed by atoms with E-state index in [-0.39, 0.29) is 29.8 Å². The molecule has 0 spiro atoms. The Kier molecular flexibility index (Phi) is 7.01. The summed E-state index contributed by atoms with van der Waals surface area (Å²) in [6.07, 6.45) is 2.77. The number of carbonyl (C=O) groups is 2. The molecule has 2 aliphatic heterocycles. The number of amides is 2. The average Bonchev–Trinajstić information content (AvgIpc) is 3.31. The molecule has 0 unspecified atom stereocenters. The molecule has 2 N–H and O–H groups in total. The van der Waals surface area contributed by atoms with E-state index in [1.165, 1.54) is 12.1 Å². The van der Waals surface area contributed by atoms with Gasteiger partial charge in [0, 0.05) is 26.1 Å². The van der Waals surface area contributed by atoms with Crippen molar-refractivity contribution >= 4 is 17.6 Å². The van der Waals surface area contributed by atoms with Crippen molar-refractivity contribution in [1.29, 1.82) is 0 Å². The van der Waals surface area contributed by atoms with Crippen LogP contribution in [0.1, 0.15) is 60.4 Å². The number of pyridine rings is 1. The first-order valence-electron chi connectivity index (χ1n) is 12.8. The minimum absolute atomic E-state index is 0.122. The third kappa shape index (κ3) is 5.24. The lowest BCUT2D eigenvalue weighted by atomic mass is 9.95. The third-order valence-electron chi connectivity index (χ3n) is 6.92. The molecule has 3 aromatic rings. The Morgan fingerprint density at radius 2 is 1.95 bits per heavy atom. The number of nitrogens with one attached hydrogen (secondary N) is 1. The van der Waals surface area contributed by atoms with Gasteiger partial charge in [-0.3, -0.25) is 9.59 Å². The molecule has 0 fully saturated rings. The fourth-order valence-corrected chi connectivity index (χ4v) is 5.01. The Balaban J connectivity index is 1.33. The number of halogens is 1. The maximum atomic E-state index is 14.9. The van der Waals surface area contributed by atoms with Crippen molar-refractivity contribution in [2.24, 2.45) is 5.92 Å². The van der Waals surface area contributed by atoms with E-state index in [2.05, 4.69) is 20.5 Å². The van der Waals surface area contributed by atoms with Crippen LogP contribution in [-0.4, -0.2) is 54.2 Å². The van der Waals surface area contributed by atoms with Gasteiger partial charge in [0.2, 0.25) is 0 Å². The summed E-state index contributed by atoms with van der Waals surface area (Å²) in [4.78, 5) is 31.8. The fourth-order valence-electron chi connectivity index (χ4n) is 5.01.